The van der Waals surface area contributed by atoms with Crippen molar-refractivity contribution >= 4 is 26.0 Å². The molecule has 2 unspecified atom stereocenters. The second kappa shape index (κ2) is 10.2. The number of hydrogen-bond acceptors (Lipinski definition) is 3. The molecule has 0 bridgehead atoms. The summed E-state index contributed by atoms with van der Waals surface area (Å²) in [4.78, 5) is 0.776. The van der Waals surface area contributed by atoms with Crippen LogP contribution in [0.4, 0.5) is 0 Å². The van der Waals surface area contributed by atoms with E-state index >= 15 is 0 Å². The number of hydrogen-bond donors (Lipinski definition) is 1. The zero-order valence-corrected chi connectivity index (χ0v) is 13.3. The van der Waals surface area contributed by atoms with E-state index < -0.39 is 21.6 Å². The van der Waals surface area contributed by atoms with Crippen LogP contribution in [0.5, 0.6) is 0 Å². The zero-order chi connectivity index (χ0) is 15.5. The second-order valence-electron chi connectivity index (χ2n) is 3.43. The number of rotatable bonds is 6. The summed E-state index contributed by atoms with van der Waals surface area (Å²) < 4.78 is 24.1. The summed E-state index contributed by atoms with van der Waals surface area (Å²) in [7, 11) is -3.57. The van der Waals surface area contributed by atoms with Crippen LogP contribution in [-0.2, 0) is 21.6 Å². The molecule has 5 heteroatoms. The Labute approximate surface area is 125 Å². The summed E-state index contributed by atoms with van der Waals surface area (Å²) in [5, 5.41) is 7.86. The Morgan fingerprint density at radius 3 is 1.50 bits per heavy atom. The van der Waals surface area contributed by atoms with Gasteiger partial charge in [-0.2, -0.15) is 0 Å². The Bertz CT molecular complexity index is 504. The molecule has 0 heterocycles. The molecule has 1 N–H and O–H groups in total. The van der Waals surface area contributed by atoms with Crippen molar-refractivity contribution in [3.63, 3.8) is 0 Å². The van der Waals surface area contributed by atoms with Gasteiger partial charge in [0, 0.05) is 9.81 Å². The van der Waals surface area contributed by atoms with Crippen molar-refractivity contribution in [2.75, 3.05) is 0 Å². The van der Waals surface area contributed by atoms with Crippen LogP contribution in [0.15, 0.2) is 71.6 Å². The SMILES string of the molecule is C=C/C=C(\C=C/C)S(=O)C(=N)S(=O)C(/C=C\C)=C/C=C. The molecule has 0 saturated carbocycles. The van der Waals surface area contributed by atoms with Crippen LogP contribution in [0, 0.1) is 5.41 Å². The Hall–Kier alpha value is -1.59. The summed E-state index contributed by atoms with van der Waals surface area (Å²) >= 11 is 0. The number of nitrogens with one attached hydrogen (secondary N) is 1. The molecule has 0 radical (unpaired) electrons. The van der Waals surface area contributed by atoms with Crippen molar-refractivity contribution in [1.82, 2.24) is 0 Å². The van der Waals surface area contributed by atoms with Gasteiger partial charge < -0.3 is 0 Å². The highest BCUT2D eigenvalue weighted by Crippen LogP contribution is 2.14. The predicted molar refractivity (Wildman–Crippen MR) is 90.2 cm³/mol. The van der Waals surface area contributed by atoms with Crippen molar-refractivity contribution in [3.8, 4) is 0 Å². The zero-order valence-electron chi connectivity index (χ0n) is 11.7. The van der Waals surface area contributed by atoms with Crippen molar-refractivity contribution in [3.05, 3.63) is 71.6 Å². The summed E-state index contributed by atoms with van der Waals surface area (Å²) in [5.74, 6) is 0. The van der Waals surface area contributed by atoms with Gasteiger partial charge in [0.2, 0.25) is 0 Å². The van der Waals surface area contributed by atoms with Gasteiger partial charge in [0.25, 0.3) is 0 Å². The third-order valence-corrected chi connectivity index (χ3v) is 4.97. The van der Waals surface area contributed by atoms with Crippen LogP contribution in [0.3, 0.4) is 0 Å². The highest BCUT2D eigenvalue weighted by atomic mass is 32.2. The normalized spacial score (nSPS) is 16.3. The van der Waals surface area contributed by atoms with E-state index in [1.807, 2.05) is 0 Å². The van der Waals surface area contributed by atoms with Crippen molar-refractivity contribution in [1.29, 1.82) is 5.41 Å². The molecule has 0 aliphatic rings. The summed E-state index contributed by atoms with van der Waals surface area (Å²) in [6.07, 6.45) is 12.7. The maximum absolute atomic E-state index is 12.2. The molecule has 0 aliphatic heterocycles. The molecule has 20 heavy (non-hydrogen) atoms. The van der Waals surface area contributed by atoms with E-state index in [9.17, 15) is 8.42 Å². The Morgan fingerprint density at radius 1 is 0.900 bits per heavy atom. The smallest absolute Gasteiger partial charge is 0.193 e. The van der Waals surface area contributed by atoms with Gasteiger partial charge in [0.05, 0.1) is 0 Å². The van der Waals surface area contributed by atoms with Crippen LogP contribution in [0.1, 0.15) is 13.8 Å². The van der Waals surface area contributed by atoms with E-state index in [0.717, 1.165) is 0 Å². The van der Waals surface area contributed by atoms with E-state index in [1.165, 1.54) is 24.3 Å². The highest BCUT2D eigenvalue weighted by Gasteiger charge is 2.19. The van der Waals surface area contributed by atoms with Crippen LogP contribution < -0.4 is 0 Å². The monoisotopic (exact) mass is 309 g/mol. The molecule has 0 aromatic carbocycles. The van der Waals surface area contributed by atoms with Gasteiger partial charge >= 0.3 is 0 Å². The minimum atomic E-state index is -1.78. The molecular formula is C15H19NO2S2. The minimum Gasteiger partial charge on any atom is -0.283 e. The molecule has 0 aliphatic carbocycles. The molecule has 3 nitrogen and oxygen atoms in total. The van der Waals surface area contributed by atoms with E-state index in [0.29, 0.717) is 9.81 Å². The van der Waals surface area contributed by atoms with Gasteiger partial charge in [0.15, 0.2) is 4.38 Å². The van der Waals surface area contributed by atoms with Crippen LogP contribution >= 0.6 is 0 Å². The van der Waals surface area contributed by atoms with Crippen molar-refractivity contribution in [2.45, 2.75) is 13.8 Å². The van der Waals surface area contributed by atoms with Gasteiger partial charge in [-0.25, -0.2) is 8.42 Å². The first-order chi connectivity index (χ1) is 9.53. The lowest BCUT2D eigenvalue weighted by Gasteiger charge is -2.05. The second-order valence-corrected chi connectivity index (χ2v) is 6.53. The first kappa shape index (κ1) is 18.4. The Morgan fingerprint density at radius 2 is 1.25 bits per heavy atom. The quantitative estimate of drug-likeness (QED) is 0.462. The van der Waals surface area contributed by atoms with Gasteiger partial charge in [-0.05, 0) is 38.2 Å². The third kappa shape index (κ3) is 5.59. The van der Waals surface area contributed by atoms with E-state index in [-0.39, 0.29) is 4.38 Å². The molecule has 0 spiro atoms. The van der Waals surface area contributed by atoms with Crippen molar-refractivity contribution < 1.29 is 8.42 Å². The largest absolute Gasteiger partial charge is 0.283 e. The minimum absolute atomic E-state index is 0.359. The Balaban J connectivity index is 5.44. The summed E-state index contributed by atoms with van der Waals surface area (Å²) in [6, 6.07) is 0. The Kier molecular flexibility index (Phi) is 9.41. The topological polar surface area (TPSA) is 58.0 Å². The lowest BCUT2D eigenvalue weighted by Crippen LogP contribution is -2.15. The predicted octanol–water partition coefficient (Wildman–Crippen LogP) is 3.71. The summed E-state index contributed by atoms with van der Waals surface area (Å²) in [6.45, 7) is 10.6. The average molecular weight is 309 g/mol. The molecule has 0 aromatic rings. The lowest BCUT2D eigenvalue weighted by atomic mass is 10.4. The van der Waals surface area contributed by atoms with E-state index in [2.05, 4.69) is 13.2 Å². The van der Waals surface area contributed by atoms with Gasteiger partial charge in [-0.15, -0.1) is 0 Å². The first-order valence-corrected chi connectivity index (χ1v) is 8.16. The molecule has 0 rings (SSSR count). The third-order valence-electron chi connectivity index (χ3n) is 1.99. The molecule has 108 valence electrons. The molecule has 2 atom stereocenters. The fourth-order valence-corrected chi connectivity index (χ4v) is 3.72. The van der Waals surface area contributed by atoms with Crippen LogP contribution in [0.2, 0.25) is 0 Å². The molecular weight excluding hydrogens is 290 g/mol. The van der Waals surface area contributed by atoms with Gasteiger partial charge in [0.1, 0.15) is 21.6 Å². The van der Waals surface area contributed by atoms with Gasteiger partial charge in [-0.1, -0.05) is 37.5 Å². The van der Waals surface area contributed by atoms with Crippen LogP contribution in [0.25, 0.3) is 0 Å². The molecule has 0 fully saturated rings. The molecule has 0 amide bonds. The number of allylic oxidation sites excluding steroid dienone is 8. The summed E-state index contributed by atoms with van der Waals surface area (Å²) in [5.41, 5.74) is 0. The maximum Gasteiger partial charge on any atom is 0.193 e. The fraction of sp³-hybridized carbons (Fsp3) is 0.133. The molecule has 0 saturated heterocycles. The standard InChI is InChI=1S/C15H19NO2S2/c1-5-9-13(10-6-2)19(17)15(16)20(18)14(11-7-3)12-8-4/h5-12,16H,1,3H2,2,4H3/b10-6-,12-8-,13-9+,14-11+,16-15?. The van der Waals surface area contributed by atoms with Crippen molar-refractivity contribution in [2.24, 2.45) is 0 Å². The maximum atomic E-state index is 12.2. The molecule has 0 aromatic heterocycles. The van der Waals surface area contributed by atoms with E-state index in [1.54, 1.807) is 38.2 Å². The lowest BCUT2D eigenvalue weighted by molar-refractivity contribution is 0.691. The highest BCUT2D eigenvalue weighted by molar-refractivity contribution is 8.28. The van der Waals surface area contributed by atoms with Crippen LogP contribution in [-0.4, -0.2) is 12.8 Å². The average Bonchev–Trinajstić information content (AvgIpc) is 2.44. The van der Waals surface area contributed by atoms with Gasteiger partial charge in [-0.3, -0.25) is 5.41 Å². The van der Waals surface area contributed by atoms with E-state index in [4.69, 9.17) is 5.41 Å². The fourth-order valence-electron chi connectivity index (χ4n) is 1.20. The first-order valence-electron chi connectivity index (χ1n) is 5.86.